The minimum Gasteiger partial charge on any atom is -0.356 e. The lowest BCUT2D eigenvalue weighted by molar-refractivity contribution is -0.135. The number of amides is 1. The summed E-state index contributed by atoms with van der Waals surface area (Å²) < 4.78 is 0. The Morgan fingerprint density at radius 3 is 2.35 bits per heavy atom. The Bertz CT molecular complexity index is 1010. The van der Waals surface area contributed by atoms with Gasteiger partial charge in [-0.15, -0.1) is 24.8 Å². The second kappa shape index (κ2) is 10.0. The number of aromatic amines is 1. The normalized spacial score (nSPS) is 19.4. The van der Waals surface area contributed by atoms with Crippen LogP contribution >= 0.6 is 24.8 Å². The van der Waals surface area contributed by atoms with Crippen molar-refractivity contribution >= 4 is 41.6 Å². The van der Waals surface area contributed by atoms with Gasteiger partial charge < -0.3 is 14.8 Å². The first-order chi connectivity index (χ1) is 14.2. The van der Waals surface area contributed by atoms with E-state index in [0.29, 0.717) is 6.54 Å². The molecule has 2 aliphatic rings. The molecule has 1 amide bonds. The quantitative estimate of drug-likeness (QED) is 0.647. The lowest BCUT2D eigenvalue weighted by Crippen LogP contribution is -2.50. The number of likely N-dealkylation sites (N-methyl/N-ethyl adjacent to an activating group) is 1. The number of nitrogens with one attached hydrogen (secondary N) is 1. The Morgan fingerprint density at radius 1 is 0.935 bits per heavy atom. The van der Waals surface area contributed by atoms with Gasteiger partial charge in [-0.05, 0) is 30.7 Å². The Morgan fingerprint density at radius 2 is 1.61 bits per heavy atom. The zero-order valence-electron chi connectivity index (χ0n) is 17.8. The number of hydrogen-bond acceptors (Lipinski definition) is 3. The highest BCUT2D eigenvalue weighted by atomic mass is 35.5. The van der Waals surface area contributed by atoms with Crippen LogP contribution in [0.4, 0.5) is 0 Å². The van der Waals surface area contributed by atoms with E-state index in [4.69, 9.17) is 0 Å². The molecule has 5 rings (SSSR count). The highest BCUT2D eigenvalue weighted by molar-refractivity contribution is 5.87. The van der Waals surface area contributed by atoms with Crippen LogP contribution in [0.3, 0.4) is 0 Å². The molecule has 0 spiro atoms. The number of H-pyrrole nitrogens is 1. The molecule has 2 aliphatic heterocycles. The third-order valence-electron chi connectivity index (χ3n) is 6.42. The van der Waals surface area contributed by atoms with E-state index in [0.717, 1.165) is 44.7 Å². The van der Waals surface area contributed by atoms with Crippen LogP contribution in [0, 0.1) is 0 Å². The minimum absolute atomic E-state index is 0. The van der Waals surface area contributed by atoms with Crippen LogP contribution in [0.5, 0.6) is 0 Å². The van der Waals surface area contributed by atoms with Crippen LogP contribution in [0.2, 0.25) is 0 Å². The van der Waals surface area contributed by atoms with E-state index < -0.39 is 0 Å². The Hall–Kier alpha value is -2.05. The number of nitrogens with zero attached hydrogens (tertiary/aromatic N) is 3. The van der Waals surface area contributed by atoms with E-state index in [1.165, 1.54) is 22.2 Å². The smallest absolute Gasteiger partial charge is 0.237 e. The molecule has 0 aliphatic carbocycles. The van der Waals surface area contributed by atoms with E-state index in [-0.39, 0.29) is 36.8 Å². The molecule has 1 atom stereocenters. The monoisotopic (exact) mass is 460 g/mol. The number of fused-ring (bicyclic) bond motifs is 3. The topological polar surface area (TPSA) is 42.6 Å². The van der Waals surface area contributed by atoms with Gasteiger partial charge in [0.15, 0.2) is 0 Å². The van der Waals surface area contributed by atoms with Gasteiger partial charge in [0.05, 0.1) is 12.6 Å². The first kappa shape index (κ1) is 23.6. The molecule has 1 N–H and O–H groups in total. The van der Waals surface area contributed by atoms with Crippen molar-refractivity contribution in [2.24, 2.45) is 0 Å². The maximum Gasteiger partial charge on any atom is 0.237 e. The number of aromatic nitrogens is 1. The summed E-state index contributed by atoms with van der Waals surface area (Å²) in [5.41, 5.74) is 4.87. The molecule has 1 saturated heterocycles. The molecule has 1 fully saturated rings. The molecule has 31 heavy (non-hydrogen) atoms. The molecule has 3 heterocycles. The second-order valence-electron chi connectivity index (χ2n) is 8.29. The van der Waals surface area contributed by atoms with Crippen LogP contribution in [-0.2, 0) is 11.2 Å². The molecule has 3 aromatic rings. The fourth-order valence-corrected chi connectivity index (χ4v) is 4.78. The summed E-state index contributed by atoms with van der Waals surface area (Å²) in [6, 6.07) is 18.9. The van der Waals surface area contributed by atoms with Crippen molar-refractivity contribution in [1.82, 2.24) is 19.7 Å². The Kier molecular flexibility index (Phi) is 7.65. The van der Waals surface area contributed by atoms with Gasteiger partial charge in [0, 0.05) is 49.3 Å². The molecule has 7 heteroatoms. The number of carbonyl (C=O) groups excluding carboxylic acids is 1. The van der Waals surface area contributed by atoms with E-state index in [1.807, 2.05) is 6.07 Å². The van der Waals surface area contributed by atoms with Gasteiger partial charge in [-0.1, -0.05) is 48.5 Å². The molecule has 2 aromatic carbocycles. The first-order valence-corrected chi connectivity index (χ1v) is 10.6. The lowest BCUT2D eigenvalue weighted by Gasteiger charge is -2.38. The molecule has 166 valence electrons. The Labute approximate surface area is 196 Å². The maximum absolute atomic E-state index is 13.4. The largest absolute Gasteiger partial charge is 0.356 e. The van der Waals surface area contributed by atoms with E-state index in [2.05, 4.69) is 75.3 Å². The molecular weight excluding hydrogens is 431 g/mol. The predicted octanol–water partition coefficient (Wildman–Crippen LogP) is 3.73. The summed E-state index contributed by atoms with van der Waals surface area (Å²) in [6.07, 6.45) is 0.900. The van der Waals surface area contributed by atoms with Gasteiger partial charge in [-0.3, -0.25) is 9.69 Å². The van der Waals surface area contributed by atoms with Crippen molar-refractivity contribution in [2.75, 3.05) is 46.3 Å². The van der Waals surface area contributed by atoms with Crippen molar-refractivity contribution in [3.05, 3.63) is 71.4 Å². The van der Waals surface area contributed by atoms with Gasteiger partial charge in [0.25, 0.3) is 0 Å². The number of carbonyl (C=O) groups is 1. The number of benzene rings is 2. The minimum atomic E-state index is -0.0488. The molecular formula is C24H30Cl2N4O. The average Bonchev–Trinajstić information content (AvgIpc) is 3.14. The standard InChI is InChI=1S/C24H28N4O.2ClH/c1-26-13-15-27(16-14-26)17-22(29)28-12-11-20-19-9-5-6-10-21(19)25-23(20)24(28)18-7-3-2-4-8-18;;/h2-10,24-25H,11-17H2,1H3;2*1H. The van der Waals surface area contributed by atoms with Crippen LogP contribution in [-0.4, -0.2) is 71.9 Å². The molecule has 1 aromatic heterocycles. The number of rotatable bonds is 3. The molecule has 0 radical (unpaired) electrons. The zero-order chi connectivity index (χ0) is 19.8. The van der Waals surface area contributed by atoms with Gasteiger partial charge >= 0.3 is 0 Å². The highest BCUT2D eigenvalue weighted by Crippen LogP contribution is 2.38. The van der Waals surface area contributed by atoms with Crippen molar-refractivity contribution in [3.8, 4) is 0 Å². The molecule has 0 bridgehead atoms. The Balaban J connectivity index is 0.00000136. The predicted molar refractivity (Wildman–Crippen MR) is 130 cm³/mol. The van der Waals surface area contributed by atoms with Gasteiger partial charge in [0.2, 0.25) is 5.91 Å². The third-order valence-corrected chi connectivity index (χ3v) is 6.42. The van der Waals surface area contributed by atoms with Crippen LogP contribution < -0.4 is 0 Å². The fourth-order valence-electron chi connectivity index (χ4n) is 4.78. The summed E-state index contributed by atoms with van der Waals surface area (Å²) in [4.78, 5) is 23.8. The van der Waals surface area contributed by atoms with Crippen LogP contribution in [0.1, 0.15) is 22.9 Å². The molecule has 0 saturated carbocycles. The number of halogens is 2. The molecule has 1 unspecified atom stereocenters. The van der Waals surface area contributed by atoms with Crippen molar-refractivity contribution in [1.29, 1.82) is 0 Å². The first-order valence-electron chi connectivity index (χ1n) is 10.6. The van der Waals surface area contributed by atoms with E-state index in [9.17, 15) is 4.79 Å². The number of para-hydroxylation sites is 1. The zero-order valence-corrected chi connectivity index (χ0v) is 19.4. The number of piperazine rings is 1. The average molecular weight is 461 g/mol. The summed E-state index contributed by atoms with van der Waals surface area (Å²) >= 11 is 0. The SMILES string of the molecule is CN1CCN(CC(=O)N2CCc3c([nH]c4ccccc34)C2c2ccccc2)CC1.Cl.Cl. The summed E-state index contributed by atoms with van der Waals surface area (Å²) in [5.74, 6) is 0.229. The van der Waals surface area contributed by atoms with Crippen LogP contribution in [0.15, 0.2) is 54.6 Å². The molecule has 5 nitrogen and oxygen atoms in total. The third kappa shape index (κ3) is 4.60. The van der Waals surface area contributed by atoms with Gasteiger partial charge in [-0.25, -0.2) is 0 Å². The van der Waals surface area contributed by atoms with E-state index in [1.54, 1.807) is 0 Å². The fraction of sp³-hybridized carbons (Fsp3) is 0.375. The van der Waals surface area contributed by atoms with Crippen LogP contribution in [0.25, 0.3) is 10.9 Å². The van der Waals surface area contributed by atoms with E-state index >= 15 is 0 Å². The van der Waals surface area contributed by atoms with Crippen molar-refractivity contribution in [2.45, 2.75) is 12.5 Å². The summed E-state index contributed by atoms with van der Waals surface area (Å²) in [5, 5.41) is 1.29. The number of hydrogen-bond donors (Lipinski definition) is 1. The van der Waals surface area contributed by atoms with Crippen molar-refractivity contribution in [3.63, 3.8) is 0 Å². The summed E-state index contributed by atoms with van der Waals surface area (Å²) in [7, 11) is 2.15. The van der Waals surface area contributed by atoms with Gasteiger partial charge in [0.1, 0.15) is 0 Å². The second-order valence-corrected chi connectivity index (χ2v) is 8.29. The maximum atomic E-state index is 13.4. The van der Waals surface area contributed by atoms with Gasteiger partial charge in [-0.2, -0.15) is 0 Å². The lowest BCUT2D eigenvalue weighted by atomic mass is 9.92. The van der Waals surface area contributed by atoms with Crippen molar-refractivity contribution < 1.29 is 4.79 Å². The highest BCUT2D eigenvalue weighted by Gasteiger charge is 2.35. The summed E-state index contributed by atoms with van der Waals surface area (Å²) in [6.45, 7) is 5.25.